The molecule has 1 saturated heterocycles. The topological polar surface area (TPSA) is 134 Å². The summed E-state index contributed by atoms with van der Waals surface area (Å²) in [5.74, 6) is 0.455. The SMILES string of the molecule is Cc1ccc(S(=O)(=O)NC(Cc2ccccc2)C(=O)NCc2ccc(C3OC(CSc4ccc(O)cc4)C(C)C(c4ccc(CO)cc4)O3)cc2)cc1. The van der Waals surface area contributed by atoms with Gasteiger partial charge in [0, 0.05) is 28.7 Å². The molecule has 0 spiro atoms. The van der Waals surface area contributed by atoms with Crippen LogP contribution in [0.2, 0.25) is 0 Å². The average molecular weight is 753 g/mol. The Kier molecular flexibility index (Phi) is 12.7. The van der Waals surface area contributed by atoms with Gasteiger partial charge in [-0.1, -0.05) is 103 Å². The molecular weight excluding hydrogens is 709 g/mol. The number of aliphatic hydroxyl groups is 1. The van der Waals surface area contributed by atoms with E-state index in [1.807, 2.05) is 97.9 Å². The number of carbonyl (C=O) groups excluding carboxylic acids is 1. The summed E-state index contributed by atoms with van der Waals surface area (Å²) in [6.45, 7) is 4.14. The van der Waals surface area contributed by atoms with Gasteiger partial charge in [-0.3, -0.25) is 4.79 Å². The maximum absolute atomic E-state index is 13.6. The first-order chi connectivity index (χ1) is 25.6. The molecule has 1 amide bonds. The first-order valence-electron chi connectivity index (χ1n) is 17.5. The molecule has 1 fully saturated rings. The van der Waals surface area contributed by atoms with Crippen molar-refractivity contribution >= 4 is 27.7 Å². The summed E-state index contributed by atoms with van der Waals surface area (Å²) in [5.41, 5.74) is 5.21. The molecule has 1 heterocycles. The normalized spacial score (nSPS) is 19.4. The van der Waals surface area contributed by atoms with Gasteiger partial charge in [-0.05, 0) is 72.0 Å². The van der Waals surface area contributed by atoms with Crippen LogP contribution in [0.1, 0.15) is 52.7 Å². The number of benzene rings is 5. The Morgan fingerprint density at radius 3 is 2.09 bits per heavy atom. The summed E-state index contributed by atoms with van der Waals surface area (Å²) in [6, 6.07) is 37.3. The Morgan fingerprint density at radius 1 is 0.792 bits per heavy atom. The molecule has 9 nitrogen and oxygen atoms in total. The number of phenolic OH excluding ortho intramolecular Hbond substituents is 1. The fourth-order valence-corrected chi connectivity index (χ4v) is 8.41. The quantitative estimate of drug-likeness (QED) is 0.0894. The largest absolute Gasteiger partial charge is 0.508 e. The number of carbonyl (C=O) groups is 1. The van der Waals surface area contributed by atoms with E-state index in [0.717, 1.165) is 38.3 Å². The van der Waals surface area contributed by atoms with Gasteiger partial charge in [0.2, 0.25) is 15.9 Å². The lowest BCUT2D eigenvalue weighted by atomic mass is 9.91. The zero-order valence-corrected chi connectivity index (χ0v) is 31.2. The van der Waals surface area contributed by atoms with E-state index in [9.17, 15) is 23.4 Å². The van der Waals surface area contributed by atoms with Crippen LogP contribution in [0, 0.1) is 12.8 Å². The molecule has 6 rings (SSSR count). The second-order valence-electron chi connectivity index (χ2n) is 13.3. The van der Waals surface area contributed by atoms with Gasteiger partial charge >= 0.3 is 0 Å². The smallest absolute Gasteiger partial charge is 0.241 e. The molecule has 1 aliphatic rings. The van der Waals surface area contributed by atoms with Crippen LogP contribution in [-0.4, -0.2) is 42.4 Å². The van der Waals surface area contributed by atoms with Gasteiger partial charge in [-0.25, -0.2) is 8.42 Å². The van der Waals surface area contributed by atoms with Crippen molar-refractivity contribution < 1.29 is 32.9 Å². The summed E-state index contributed by atoms with van der Waals surface area (Å²) in [4.78, 5) is 14.7. The fraction of sp³-hybridized carbons (Fsp3) is 0.262. The van der Waals surface area contributed by atoms with Crippen molar-refractivity contribution in [2.75, 3.05) is 5.75 Å². The van der Waals surface area contributed by atoms with Crippen molar-refractivity contribution in [3.63, 3.8) is 0 Å². The molecule has 276 valence electrons. The van der Waals surface area contributed by atoms with Crippen LogP contribution in [0.15, 0.2) is 137 Å². The Balaban J connectivity index is 1.15. The van der Waals surface area contributed by atoms with Crippen molar-refractivity contribution in [2.45, 2.75) is 67.8 Å². The first kappa shape index (κ1) is 38.2. The maximum Gasteiger partial charge on any atom is 0.241 e. The number of phenols is 1. The van der Waals surface area contributed by atoms with Gasteiger partial charge in [-0.15, -0.1) is 11.8 Å². The Bertz CT molecular complexity index is 2040. The summed E-state index contributed by atoms with van der Waals surface area (Å²) >= 11 is 1.65. The minimum absolute atomic E-state index is 0.0117. The molecule has 11 heteroatoms. The number of aryl methyl sites for hydroxylation is 1. The highest BCUT2D eigenvalue weighted by molar-refractivity contribution is 7.99. The molecule has 5 aromatic rings. The van der Waals surface area contributed by atoms with Gasteiger partial charge in [0.05, 0.1) is 23.7 Å². The monoisotopic (exact) mass is 752 g/mol. The van der Waals surface area contributed by atoms with Crippen molar-refractivity contribution in [3.8, 4) is 5.75 Å². The highest BCUT2D eigenvalue weighted by Gasteiger charge is 2.38. The molecule has 5 atom stereocenters. The molecule has 4 N–H and O–H groups in total. The zero-order valence-electron chi connectivity index (χ0n) is 29.6. The van der Waals surface area contributed by atoms with Crippen LogP contribution in [0.4, 0.5) is 0 Å². The number of nitrogens with one attached hydrogen (secondary N) is 2. The van der Waals surface area contributed by atoms with E-state index in [1.54, 1.807) is 36.0 Å². The van der Waals surface area contributed by atoms with Crippen LogP contribution in [0.3, 0.4) is 0 Å². The van der Waals surface area contributed by atoms with E-state index >= 15 is 0 Å². The number of amides is 1. The number of ether oxygens (including phenoxy) is 2. The molecule has 1 aliphatic heterocycles. The van der Waals surface area contributed by atoms with E-state index in [4.69, 9.17) is 9.47 Å². The molecule has 53 heavy (non-hydrogen) atoms. The lowest BCUT2D eigenvalue weighted by molar-refractivity contribution is -0.268. The molecule has 0 aliphatic carbocycles. The van der Waals surface area contributed by atoms with Gasteiger partial charge in [0.1, 0.15) is 11.8 Å². The fourth-order valence-electron chi connectivity index (χ4n) is 6.15. The number of aromatic hydroxyl groups is 1. The van der Waals surface area contributed by atoms with Crippen LogP contribution in [-0.2, 0) is 43.9 Å². The third-order valence-corrected chi connectivity index (χ3v) is 11.9. The predicted molar refractivity (Wildman–Crippen MR) is 206 cm³/mol. The predicted octanol–water partition coefficient (Wildman–Crippen LogP) is 6.98. The van der Waals surface area contributed by atoms with Crippen LogP contribution in [0.25, 0.3) is 0 Å². The molecule has 0 radical (unpaired) electrons. The lowest BCUT2D eigenvalue weighted by Gasteiger charge is -2.41. The number of sulfonamides is 1. The molecular formula is C42H44N2O7S2. The second kappa shape index (κ2) is 17.6. The molecule has 0 bridgehead atoms. The van der Waals surface area contributed by atoms with Gasteiger partial charge in [0.15, 0.2) is 6.29 Å². The second-order valence-corrected chi connectivity index (χ2v) is 16.1. The minimum atomic E-state index is -3.96. The Morgan fingerprint density at radius 2 is 1.43 bits per heavy atom. The van der Waals surface area contributed by atoms with E-state index in [2.05, 4.69) is 17.0 Å². The standard InChI is InChI=1S/C42H44N2O7S2/c1-28-8-22-37(23-9-28)53(48,49)44-38(24-30-6-4-3-5-7-30)41(47)43-25-31-10-16-34(17-11-31)42-50-39(27-52-36-20-18-35(46)19-21-36)29(2)40(51-42)33-14-12-32(26-45)13-15-33/h3-23,29,38-40,42,44-46H,24-27H2,1-2H3,(H,43,47). The van der Waals surface area contributed by atoms with Crippen LogP contribution < -0.4 is 10.0 Å². The number of hydrogen-bond acceptors (Lipinski definition) is 8. The summed E-state index contributed by atoms with van der Waals surface area (Å²) < 4.78 is 42.4. The summed E-state index contributed by atoms with van der Waals surface area (Å²) in [5, 5.41) is 22.2. The molecule has 0 aromatic heterocycles. The first-order valence-corrected chi connectivity index (χ1v) is 20.0. The molecule has 0 saturated carbocycles. The number of rotatable bonds is 14. The van der Waals surface area contributed by atoms with E-state index in [0.29, 0.717) is 5.75 Å². The summed E-state index contributed by atoms with van der Waals surface area (Å²) in [7, 11) is -3.96. The minimum Gasteiger partial charge on any atom is -0.508 e. The van der Waals surface area contributed by atoms with Crippen molar-refractivity contribution in [3.05, 3.63) is 161 Å². The maximum atomic E-state index is 13.6. The highest BCUT2D eigenvalue weighted by Crippen LogP contribution is 2.43. The number of aliphatic hydroxyl groups excluding tert-OH is 1. The van der Waals surface area contributed by atoms with E-state index in [1.165, 1.54) is 12.1 Å². The zero-order chi connectivity index (χ0) is 37.4. The lowest BCUT2D eigenvalue weighted by Crippen LogP contribution is -2.47. The average Bonchev–Trinajstić information content (AvgIpc) is 3.17. The highest BCUT2D eigenvalue weighted by atomic mass is 32.2. The van der Waals surface area contributed by atoms with Crippen molar-refractivity contribution in [1.82, 2.24) is 10.0 Å². The molecule has 5 aromatic carbocycles. The molecule has 5 unspecified atom stereocenters. The third-order valence-electron chi connectivity index (χ3n) is 9.32. The number of thioether (sulfide) groups is 1. The Hall–Kier alpha value is -4.49. The van der Waals surface area contributed by atoms with E-state index < -0.39 is 28.3 Å². The van der Waals surface area contributed by atoms with Crippen LogP contribution in [0.5, 0.6) is 5.75 Å². The Labute approximate surface area is 315 Å². The van der Waals surface area contributed by atoms with Gasteiger partial charge < -0.3 is 25.0 Å². The van der Waals surface area contributed by atoms with Gasteiger partial charge in [0.25, 0.3) is 0 Å². The number of hydrogen-bond donors (Lipinski definition) is 4. The van der Waals surface area contributed by atoms with Gasteiger partial charge in [-0.2, -0.15) is 4.72 Å². The van der Waals surface area contributed by atoms with Crippen molar-refractivity contribution in [2.24, 2.45) is 5.92 Å². The van der Waals surface area contributed by atoms with Crippen molar-refractivity contribution in [1.29, 1.82) is 0 Å². The summed E-state index contributed by atoms with van der Waals surface area (Å²) in [6.07, 6.45) is -0.911. The van der Waals surface area contributed by atoms with Crippen LogP contribution >= 0.6 is 11.8 Å². The van der Waals surface area contributed by atoms with E-state index in [-0.39, 0.29) is 48.3 Å². The third kappa shape index (κ3) is 10.1.